The second-order valence-corrected chi connectivity index (χ2v) is 7.33. The number of anilines is 1. The first kappa shape index (κ1) is 21.4. The van der Waals surface area contributed by atoms with Crippen molar-refractivity contribution in [3.8, 4) is 11.5 Å². The van der Waals surface area contributed by atoms with Crippen LogP contribution < -0.4 is 14.8 Å². The maximum absolute atomic E-state index is 12.3. The molecule has 32 heavy (non-hydrogen) atoms. The van der Waals surface area contributed by atoms with Crippen LogP contribution >= 0.6 is 0 Å². The number of nitrogens with zero attached hydrogens (tertiary/aromatic N) is 1. The summed E-state index contributed by atoms with van der Waals surface area (Å²) in [6.07, 6.45) is 0.998. The van der Waals surface area contributed by atoms with Crippen LogP contribution in [0, 0.1) is 0 Å². The number of carbonyl (C=O) groups is 4. The highest BCUT2D eigenvalue weighted by Crippen LogP contribution is 2.32. The lowest BCUT2D eigenvalue weighted by atomic mass is 10.1. The van der Waals surface area contributed by atoms with Gasteiger partial charge in [-0.3, -0.25) is 24.1 Å². The zero-order chi connectivity index (χ0) is 22.5. The second kappa shape index (κ2) is 9.51. The monoisotopic (exact) mass is 438 g/mol. The zero-order valence-electron chi connectivity index (χ0n) is 17.3. The molecule has 9 heteroatoms. The minimum atomic E-state index is -0.588. The molecule has 2 aromatic rings. The standard InChI is InChI=1S/C23H22N2O7/c26-20(24-15-8-9-18-19(13-15)31-12-4-11-30-18)14-32-21(27)7-3-10-25-22(28)16-5-1-2-6-17(16)23(25)29/h1-2,5-6,8-9,13H,3-4,7,10-12,14H2,(H,24,26). The van der Waals surface area contributed by atoms with Crippen LogP contribution in [0.25, 0.3) is 0 Å². The summed E-state index contributed by atoms with van der Waals surface area (Å²) in [6, 6.07) is 11.6. The van der Waals surface area contributed by atoms with Gasteiger partial charge in [0.2, 0.25) is 0 Å². The molecule has 0 aromatic heterocycles. The van der Waals surface area contributed by atoms with Crippen molar-refractivity contribution in [3.63, 3.8) is 0 Å². The molecule has 0 aliphatic carbocycles. The molecular formula is C23H22N2O7. The van der Waals surface area contributed by atoms with E-state index in [0.29, 0.717) is 41.5 Å². The van der Waals surface area contributed by atoms with E-state index in [0.717, 1.165) is 11.3 Å². The third-order valence-corrected chi connectivity index (χ3v) is 5.04. The van der Waals surface area contributed by atoms with E-state index in [1.54, 1.807) is 42.5 Å². The fraction of sp³-hybridized carbons (Fsp3) is 0.304. The minimum Gasteiger partial charge on any atom is -0.490 e. The molecule has 166 valence electrons. The van der Waals surface area contributed by atoms with Crippen molar-refractivity contribution in [1.82, 2.24) is 4.90 Å². The molecule has 2 heterocycles. The Labute approximate surface area is 184 Å². The molecule has 0 radical (unpaired) electrons. The predicted molar refractivity (Wildman–Crippen MR) is 113 cm³/mol. The molecule has 0 saturated heterocycles. The lowest BCUT2D eigenvalue weighted by molar-refractivity contribution is -0.147. The van der Waals surface area contributed by atoms with E-state index in [9.17, 15) is 19.2 Å². The molecule has 2 aliphatic rings. The van der Waals surface area contributed by atoms with Crippen LogP contribution in [0.1, 0.15) is 40.0 Å². The summed E-state index contributed by atoms with van der Waals surface area (Å²) in [6.45, 7) is 0.759. The summed E-state index contributed by atoms with van der Waals surface area (Å²) in [5.74, 6) is -0.652. The van der Waals surface area contributed by atoms with Gasteiger partial charge in [-0.15, -0.1) is 0 Å². The van der Waals surface area contributed by atoms with Crippen molar-refractivity contribution in [2.75, 3.05) is 31.7 Å². The van der Waals surface area contributed by atoms with E-state index in [-0.39, 0.29) is 31.2 Å². The number of hydrogen-bond acceptors (Lipinski definition) is 7. The van der Waals surface area contributed by atoms with Crippen LogP contribution in [0.2, 0.25) is 0 Å². The van der Waals surface area contributed by atoms with Crippen molar-refractivity contribution in [2.45, 2.75) is 19.3 Å². The second-order valence-electron chi connectivity index (χ2n) is 7.33. The van der Waals surface area contributed by atoms with Crippen molar-refractivity contribution < 1.29 is 33.4 Å². The predicted octanol–water partition coefficient (Wildman–Crippen LogP) is 2.41. The van der Waals surface area contributed by atoms with Crippen molar-refractivity contribution >= 4 is 29.4 Å². The number of benzene rings is 2. The van der Waals surface area contributed by atoms with Gasteiger partial charge in [-0.1, -0.05) is 12.1 Å². The van der Waals surface area contributed by atoms with Crippen LogP contribution in [0.3, 0.4) is 0 Å². The van der Waals surface area contributed by atoms with Gasteiger partial charge in [0, 0.05) is 31.1 Å². The Morgan fingerprint density at radius 2 is 1.66 bits per heavy atom. The van der Waals surface area contributed by atoms with E-state index < -0.39 is 18.5 Å². The molecule has 4 rings (SSSR count). The summed E-state index contributed by atoms with van der Waals surface area (Å²) in [5, 5.41) is 2.64. The van der Waals surface area contributed by atoms with E-state index >= 15 is 0 Å². The number of imide groups is 1. The summed E-state index contributed by atoms with van der Waals surface area (Å²) in [4.78, 5) is 49.8. The van der Waals surface area contributed by atoms with E-state index in [4.69, 9.17) is 14.2 Å². The molecule has 2 aliphatic heterocycles. The minimum absolute atomic E-state index is 0.0231. The van der Waals surface area contributed by atoms with Gasteiger partial charge in [-0.05, 0) is 30.7 Å². The molecule has 0 fully saturated rings. The van der Waals surface area contributed by atoms with Crippen LogP contribution in [-0.2, 0) is 14.3 Å². The van der Waals surface area contributed by atoms with Crippen molar-refractivity contribution in [3.05, 3.63) is 53.6 Å². The first-order chi connectivity index (χ1) is 15.5. The normalized spacial score (nSPS) is 14.6. The molecule has 0 spiro atoms. The van der Waals surface area contributed by atoms with Gasteiger partial charge in [0.25, 0.3) is 17.7 Å². The van der Waals surface area contributed by atoms with Gasteiger partial charge in [0.05, 0.1) is 24.3 Å². The number of hydrogen-bond donors (Lipinski definition) is 1. The van der Waals surface area contributed by atoms with Gasteiger partial charge in [0.1, 0.15) is 0 Å². The number of ether oxygens (including phenoxy) is 3. The smallest absolute Gasteiger partial charge is 0.306 e. The van der Waals surface area contributed by atoms with Crippen LogP contribution in [0.5, 0.6) is 11.5 Å². The maximum Gasteiger partial charge on any atom is 0.306 e. The third kappa shape index (κ3) is 4.72. The first-order valence-corrected chi connectivity index (χ1v) is 10.3. The number of rotatable bonds is 7. The van der Waals surface area contributed by atoms with Crippen molar-refractivity contribution in [1.29, 1.82) is 0 Å². The largest absolute Gasteiger partial charge is 0.490 e. The Morgan fingerprint density at radius 1 is 0.969 bits per heavy atom. The lowest BCUT2D eigenvalue weighted by Crippen LogP contribution is -2.31. The Hall–Kier alpha value is -3.88. The number of nitrogens with one attached hydrogen (secondary N) is 1. The lowest BCUT2D eigenvalue weighted by Gasteiger charge is -2.13. The number of fused-ring (bicyclic) bond motifs is 2. The summed E-state index contributed by atoms with van der Waals surface area (Å²) in [5.41, 5.74) is 1.24. The fourth-order valence-corrected chi connectivity index (χ4v) is 3.48. The summed E-state index contributed by atoms with van der Waals surface area (Å²) in [7, 11) is 0. The van der Waals surface area contributed by atoms with Crippen LogP contribution in [-0.4, -0.2) is 55.0 Å². The molecule has 3 amide bonds. The van der Waals surface area contributed by atoms with E-state index in [1.165, 1.54) is 0 Å². The SMILES string of the molecule is O=C(COC(=O)CCCN1C(=O)c2ccccc2C1=O)Nc1ccc2c(c1)OCCCO2. The van der Waals surface area contributed by atoms with Gasteiger partial charge >= 0.3 is 5.97 Å². The molecule has 1 N–H and O–H groups in total. The van der Waals surface area contributed by atoms with Gasteiger partial charge < -0.3 is 19.5 Å². The molecule has 0 unspecified atom stereocenters. The quantitative estimate of drug-likeness (QED) is 0.522. The number of esters is 1. The van der Waals surface area contributed by atoms with E-state index in [2.05, 4.69) is 5.32 Å². The Bertz CT molecular complexity index is 1030. The average molecular weight is 438 g/mol. The molecule has 0 bridgehead atoms. The average Bonchev–Trinajstić information content (AvgIpc) is 2.94. The summed E-state index contributed by atoms with van der Waals surface area (Å²) < 4.78 is 16.1. The number of carbonyl (C=O) groups excluding carboxylic acids is 4. The molecule has 0 atom stereocenters. The van der Waals surface area contributed by atoms with Crippen LogP contribution in [0.4, 0.5) is 5.69 Å². The summed E-state index contributed by atoms with van der Waals surface area (Å²) >= 11 is 0. The van der Waals surface area contributed by atoms with E-state index in [1.807, 2.05) is 0 Å². The molecule has 0 saturated carbocycles. The zero-order valence-corrected chi connectivity index (χ0v) is 17.3. The molecular weight excluding hydrogens is 416 g/mol. The van der Waals surface area contributed by atoms with Crippen molar-refractivity contribution in [2.24, 2.45) is 0 Å². The van der Waals surface area contributed by atoms with Crippen LogP contribution in [0.15, 0.2) is 42.5 Å². The fourth-order valence-electron chi connectivity index (χ4n) is 3.48. The molecule has 9 nitrogen and oxygen atoms in total. The topological polar surface area (TPSA) is 111 Å². The highest BCUT2D eigenvalue weighted by molar-refractivity contribution is 6.21. The highest BCUT2D eigenvalue weighted by atomic mass is 16.5. The van der Waals surface area contributed by atoms with Gasteiger partial charge in [-0.25, -0.2) is 0 Å². The van der Waals surface area contributed by atoms with Gasteiger partial charge in [0.15, 0.2) is 18.1 Å². The number of amides is 3. The van der Waals surface area contributed by atoms with Gasteiger partial charge in [-0.2, -0.15) is 0 Å². The Morgan fingerprint density at radius 3 is 2.38 bits per heavy atom. The Kier molecular flexibility index (Phi) is 6.34. The molecule has 2 aromatic carbocycles. The maximum atomic E-state index is 12.3. The Balaban J connectivity index is 1.19. The third-order valence-electron chi connectivity index (χ3n) is 5.04. The highest BCUT2D eigenvalue weighted by Gasteiger charge is 2.34. The first-order valence-electron chi connectivity index (χ1n) is 10.3.